The molecule has 0 bridgehead atoms. The molecule has 0 aliphatic rings. The zero-order valence-corrected chi connectivity index (χ0v) is 12.5. The van der Waals surface area contributed by atoms with Crippen LogP contribution in [0, 0.1) is 0 Å². The number of alkyl halides is 3. The zero-order chi connectivity index (χ0) is 16.3. The van der Waals surface area contributed by atoms with Gasteiger partial charge in [0, 0.05) is 16.5 Å². The second-order valence-electron chi connectivity index (χ2n) is 4.67. The second-order valence-corrected chi connectivity index (χ2v) is 5.55. The molecule has 0 atom stereocenters. The van der Waals surface area contributed by atoms with Gasteiger partial charge in [0.15, 0.2) is 11.6 Å². The van der Waals surface area contributed by atoms with Crippen LogP contribution in [0.4, 0.5) is 19.0 Å². The molecule has 23 heavy (non-hydrogen) atoms. The van der Waals surface area contributed by atoms with Crippen LogP contribution in [0.3, 0.4) is 0 Å². The minimum Gasteiger partial charge on any atom is -0.354 e. The Hall–Kier alpha value is -2.41. The zero-order valence-electron chi connectivity index (χ0n) is 11.7. The fourth-order valence-electron chi connectivity index (χ4n) is 1.88. The van der Waals surface area contributed by atoms with E-state index < -0.39 is 11.7 Å². The van der Waals surface area contributed by atoms with E-state index >= 15 is 0 Å². The first-order chi connectivity index (χ1) is 11.0. The van der Waals surface area contributed by atoms with Crippen molar-refractivity contribution in [1.82, 2.24) is 5.16 Å². The third-order valence-electron chi connectivity index (χ3n) is 3.02. The molecule has 0 saturated carbocycles. The average Bonchev–Trinajstić information content (AvgIpc) is 3.02. The predicted octanol–water partition coefficient (Wildman–Crippen LogP) is 5.48. The molecule has 1 heterocycles. The first-order valence-corrected chi connectivity index (χ1v) is 7.46. The van der Waals surface area contributed by atoms with E-state index in [-0.39, 0.29) is 0 Å². The summed E-state index contributed by atoms with van der Waals surface area (Å²) >= 11 is 1.16. The summed E-state index contributed by atoms with van der Waals surface area (Å²) in [6.07, 6.45) is -4.33. The van der Waals surface area contributed by atoms with Gasteiger partial charge in [0.1, 0.15) is 0 Å². The van der Waals surface area contributed by atoms with Crippen molar-refractivity contribution in [3.05, 3.63) is 66.2 Å². The van der Waals surface area contributed by atoms with Gasteiger partial charge in [0.05, 0.1) is 5.56 Å². The minimum absolute atomic E-state index is 0.494. The SMILES string of the molecule is FC(F)(F)c1ccc(SNc2cc(-c3ccccc3)on2)cc1. The van der Waals surface area contributed by atoms with Crippen LogP contribution in [0.25, 0.3) is 11.3 Å². The first kappa shape index (κ1) is 15.5. The van der Waals surface area contributed by atoms with Gasteiger partial charge < -0.3 is 9.25 Å². The topological polar surface area (TPSA) is 38.1 Å². The summed E-state index contributed by atoms with van der Waals surface area (Å²) in [5.74, 6) is 1.11. The van der Waals surface area contributed by atoms with Gasteiger partial charge in [0.2, 0.25) is 0 Å². The molecule has 2 aromatic carbocycles. The van der Waals surface area contributed by atoms with Crippen molar-refractivity contribution in [3.63, 3.8) is 0 Å². The number of anilines is 1. The molecule has 0 aliphatic heterocycles. The molecule has 0 unspecified atom stereocenters. The lowest BCUT2D eigenvalue weighted by atomic mass is 10.2. The number of nitrogens with zero attached hydrogens (tertiary/aromatic N) is 1. The van der Waals surface area contributed by atoms with Gasteiger partial charge in [-0.25, -0.2) is 0 Å². The van der Waals surface area contributed by atoms with Gasteiger partial charge >= 0.3 is 6.18 Å². The van der Waals surface area contributed by atoms with E-state index in [1.54, 1.807) is 6.07 Å². The second kappa shape index (κ2) is 6.37. The maximum atomic E-state index is 12.5. The van der Waals surface area contributed by atoms with E-state index in [2.05, 4.69) is 9.88 Å². The summed E-state index contributed by atoms with van der Waals surface area (Å²) < 4.78 is 45.6. The lowest BCUT2D eigenvalue weighted by Gasteiger charge is -2.07. The number of hydrogen-bond acceptors (Lipinski definition) is 4. The average molecular weight is 336 g/mol. The maximum absolute atomic E-state index is 12.5. The van der Waals surface area contributed by atoms with E-state index in [1.165, 1.54) is 12.1 Å². The van der Waals surface area contributed by atoms with Gasteiger partial charge in [-0.2, -0.15) is 13.2 Å². The van der Waals surface area contributed by atoms with E-state index in [0.29, 0.717) is 16.5 Å². The maximum Gasteiger partial charge on any atom is 0.416 e. The van der Waals surface area contributed by atoms with Crippen LogP contribution in [-0.4, -0.2) is 5.16 Å². The Morgan fingerprint density at radius 2 is 1.65 bits per heavy atom. The van der Waals surface area contributed by atoms with Crippen LogP contribution < -0.4 is 4.72 Å². The number of benzene rings is 2. The molecule has 0 saturated heterocycles. The predicted molar refractivity (Wildman–Crippen MR) is 82.9 cm³/mol. The number of aromatic nitrogens is 1. The largest absolute Gasteiger partial charge is 0.416 e. The van der Waals surface area contributed by atoms with Crippen LogP contribution >= 0.6 is 11.9 Å². The Morgan fingerprint density at radius 1 is 0.957 bits per heavy atom. The normalized spacial score (nSPS) is 11.4. The highest BCUT2D eigenvalue weighted by atomic mass is 32.2. The molecule has 7 heteroatoms. The molecule has 3 rings (SSSR count). The van der Waals surface area contributed by atoms with Crippen LogP contribution in [0.1, 0.15) is 5.56 Å². The Kier molecular flexibility index (Phi) is 4.29. The summed E-state index contributed by atoms with van der Waals surface area (Å²) in [6.45, 7) is 0. The first-order valence-electron chi connectivity index (χ1n) is 6.64. The van der Waals surface area contributed by atoms with Crippen LogP contribution in [0.15, 0.2) is 70.1 Å². The van der Waals surface area contributed by atoms with Crippen molar-refractivity contribution < 1.29 is 17.7 Å². The molecule has 1 N–H and O–H groups in total. The smallest absolute Gasteiger partial charge is 0.354 e. The third kappa shape index (κ3) is 3.87. The van der Waals surface area contributed by atoms with Crippen molar-refractivity contribution in [3.8, 4) is 11.3 Å². The fourth-order valence-corrected chi connectivity index (χ4v) is 2.48. The Balaban J connectivity index is 1.64. The summed E-state index contributed by atoms with van der Waals surface area (Å²) in [4.78, 5) is 0.641. The Bertz CT molecular complexity index is 770. The molecule has 0 radical (unpaired) electrons. The highest BCUT2D eigenvalue weighted by molar-refractivity contribution is 8.00. The van der Waals surface area contributed by atoms with E-state index in [1.807, 2.05) is 30.3 Å². The van der Waals surface area contributed by atoms with E-state index in [4.69, 9.17) is 4.52 Å². The van der Waals surface area contributed by atoms with E-state index in [0.717, 1.165) is 29.6 Å². The van der Waals surface area contributed by atoms with E-state index in [9.17, 15) is 13.2 Å². The molecule has 1 aromatic heterocycles. The molecular weight excluding hydrogens is 325 g/mol. The molecule has 3 aromatic rings. The van der Waals surface area contributed by atoms with Gasteiger partial charge in [-0.1, -0.05) is 35.5 Å². The number of hydrogen-bond donors (Lipinski definition) is 1. The van der Waals surface area contributed by atoms with Crippen LogP contribution in [-0.2, 0) is 6.18 Å². The summed E-state index contributed by atoms with van der Waals surface area (Å²) in [5, 5.41) is 3.88. The molecule has 0 amide bonds. The molecular formula is C16H11F3N2OS. The van der Waals surface area contributed by atoms with Gasteiger partial charge in [-0.15, -0.1) is 0 Å². The van der Waals surface area contributed by atoms with Gasteiger partial charge in [-0.3, -0.25) is 0 Å². The Morgan fingerprint density at radius 3 is 2.30 bits per heavy atom. The van der Waals surface area contributed by atoms with Crippen molar-refractivity contribution in [2.75, 3.05) is 4.72 Å². The minimum atomic E-state index is -4.33. The number of rotatable bonds is 4. The lowest BCUT2D eigenvalue weighted by molar-refractivity contribution is -0.137. The lowest BCUT2D eigenvalue weighted by Crippen LogP contribution is -2.04. The molecule has 118 valence electrons. The molecule has 0 fully saturated rings. The molecule has 0 aliphatic carbocycles. The summed E-state index contributed by atoms with van der Waals surface area (Å²) in [5.41, 5.74) is 0.224. The van der Waals surface area contributed by atoms with Crippen molar-refractivity contribution in [2.24, 2.45) is 0 Å². The standard InChI is InChI=1S/C16H11F3N2OS/c17-16(18,19)12-6-8-13(9-7-12)23-21-15-10-14(22-20-15)11-4-2-1-3-5-11/h1-10H,(H,20,21). The number of halogens is 3. The highest BCUT2D eigenvalue weighted by Gasteiger charge is 2.29. The van der Waals surface area contributed by atoms with Crippen molar-refractivity contribution in [1.29, 1.82) is 0 Å². The molecule has 0 spiro atoms. The summed E-state index contributed by atoms with van der Waals surface area (Å²) in [7, 11) is 0. The highest BCUT2D eigenvalue weighted by Crippen LogP contribution is 2.31. The quantitative estimate of drug-likeness (QED) is 0.640. The summed E-state index contributed by atoms with van der Waals surface area (Å²) in [6, 6.07) is 16.1. The molecule has 3 nitrogen and oxygen atoms in total. The van der Waals surface area contributed by atoms with Gasteiger partial charge in [0.25, 0.3) is 0 Å². The third-order valence-corrected chi connectivity index (χ3v) is 3.84. The Labute approximate surface area is 134 Å². The van der Waals surface area contributed by atoms with Crippen molar-refractivity contribution in [2.45, 2.75) is 11.1 Å². The van der Waals surface area contributed by atoms with Crippen LogP contribution in [0.5, 0.6) is 0 Å². The van der Waals surface area contributed by atoms with Gasteiger partial charge in [-0.05, 0) is 36.2 Å². The fraction of sp³-hybridized carbons (Fsp3) is 0.0625. The monoisotopic (exact) mass is 336 g/mol. The van der Waals surface area contributed by atoms with Crippen molar-refractivity contribution >= 4 is 17.8 Å². The van der Waals surface area contributed by atoms with Crippen LogP contribution in [0.2, 0.25) is 0 Å². The number of nitrogens with one attached hydrogen (secondary N) is 1.